The first-order valence-electron chi connectivity index (χ1n) is 6.25. The molecule has 2 N–H and O–H groups in total. The Morgan fingerprint density at radius 1 is 1.39 bits per heavy atom. The molecule has 1 aliphatic heterocycles. The van der Waals surface area contributed by atoms with E-state index in [1.54, 1.807) is 0 Å². The highest BCUT2D eigenvalue weighted by Crippen LogP contribution is 2.10. The number of hydrogen-bond acceptors (Lipinski definition) is 3. The Bertz CT molecular complexity index is 600. The standard InChI is InChI=1S/C14H16N2O2/c17-14-11(8-15-12-5-6-18-9-12)7-10-3-1-2-4-13(10)16-14/h1-4,7,12,15H,5-6,8-9H2,(H,16,17). The van der Waals surface area contributed by atoms with Crippen molar-refractivity contribution < 1.29 is 4.74 Å². The van der Waals surface area contributed by atoms with Crippen LogP contribution in [0.1, 0.15) is 12.0 Å². The minimum atomic E-state index is -0.0138. The summed E-state index contributed by atoms with van der Waals surface area (Å²) in [7, 11) is 0. The number of nitrogens with one attached hydrogen (secondary N) is 2. The predicted molar refractivity (Wildman–Crippen MR) is 70.6 cm³/mol. The summed E-state index contributed by atoms with van der Waals surface area (Å²) in [6.45, 7) is 2.14. The third kappa shape index (κ3) is 2.30. The number of H-pyrrole nitrogens is 1. The molecule has 94 valence electrons. The maximum Gasteiger partial charge on any atom is 0.252 e. The second-order valence-corrected chi connectivity index (χ2v) is 4.65. The normalized spacial score (nSPS) is 19.4. The lowest BCUT2D eigenvalue weighted by Gasteiger charge is -2.10. The van der Waals surface area contributed by atoms with Gasteiger partial charge in [0, 0.05) is 30.3 Å². The van der Waals surface area contributed by atoms with Crippen LogP contribution in [0.2, 0.25) is 0 Å². The van der Waals surface area contributed by atoms with E-state index in [9.17, 15) is 4.79 Å². The van der Waals surface area contributed by atoms with E-state index in [1.165, 1.54) is 0 Å². The summed E-state index contributed by atoms with van der Waals surface area (Å²) in [4.78, 5) is 14.8. The molecule has 1 aromatic heterocycles. The third-order valence-corrected chi connectivity index (χ3v) is 3.34. The highest BCUT2D eigenvalue weighted by molar-refractivity contribution is 5.78. The molecule has 3 rings (SSSR count). The molecule has 0 aliphatic carbocycles. The van der Waals surface area contributed by atoms with E-state index < -0.39 is 0 Å². The SMILES string of the molecule is O=c1[nH]c2ccccc2cc1CNC1CCOC1. The van der Waals surface area contributed by atoms with Gasteiger partial charge in [0.15, 0.2) is 0 Å². The quantitative estimate of drug-likeness (QED) is 0.858. The van der Waals surface area contributed by atoms with Crippen molar-refractivity contribution in [1.82, 2.24) is 10.3 Å². The number of rotatable bonds is 3. The molecule has 0 saturated carbocycles. The summed E-state index contributed by atoms with van der Waals surface area (Å²) in [5, 5.41) is 4.42. The predicted octanol–water partition coefficient (Wildman–Crippen LogP) is 1.41. The van der Waals surface area contributed by atoms with Gasteiger partial charge in [0.2, 0.25) is 0 Å². The lowest BCUT2D eigenvalue weighted by atomic mass is 10.1. The van der Waals surface area contributed by atoms with E-state index >= 15 is 0 Å². The smallest absolute Gasteiger partial charge is 0.252 e. The van der Waals surface area contributed by atoms with Crippen molar-refractivity contribution in [3.05, 3.63) is 46.2 Å². The van der Waals surface area contributed by atoms with Crippen molar-refractivity contribution in [3.8, 4) is 0 Å². The van der Waals surface area contributed by atoms with Gasteiger partial charge in [0.05, 0.1) is 6.61 Å². The van der Waals surface area contributed by atoms with Gasteiger partial charge >= 0.3 is 0 Å². The number of ether oxygens (including phenoxy) is 1. The van der Waals surface area contributed by atoms with E-state index in [4.69, 9.17) is 4.74 Å². The fraction of sp³-hybridized carbons (Fsp3) is 0.357. The van der Waals surface area contributed by atoms with E-state index in [0.717, 1.165) is 36.1 Å². The average molecular weight is 244 g/mol. The van der Waals surface area contributed by atoms with E-state index in [0.29, 0.717) is 12.6 Å². The minimum Gasteiger partial charge on any atom is -0.380 e. The van der Waals surface area contributed by atoms with Crippen LogP contribution in [0.5, 0.6) is 0 Å². The average Bonchev–Trinajstić information content (AvgIpc) is 2.89. The van der Waals surface area contributed by atoms with E-state index in [-0.39, 0.29) is 5.56 Å². The molecule has 1 aliphatic rings. The van der Waals surface area contributed by atoms with Gasteiger partial charge in [-0.05, 0) is 23.9 Å². The summed E-state index contributed by atoms with van der Waals surface area (Å²) >= 11 is 0. The van der Waals surface area contributed by atoms with Gasteiger partial charge in [-0.3, -0.25) is 4.79 Å². The van der Waals surface area contributed by atoms with Crippen LogP contribution in [-0.2, 0) is 11.3 Å². The molecule has 2 heterocycles. The van der Waals surface area contributed by atoms with Crippen LogP contribution in [0.15, 0.2) is 35.1 Å². The van der Waals surface area contributed by atoms with Crippen molar-refractivity contribution in [2.75, 3.05) is 13.2 Å². The Balaban J connectivity index is 1.82. The van der Waals surface area contributed by atoms with Crippen LogP contribution in [0.4, 0.5) is 0 Å². The molecular formula is C14H16N2O2. The Morgan fingerprint density at radius 2 is 2.28 bits per heavy atom. The van der Waals surface area contributed by atoms with Crippen LogP contribution in [-0.4, -0.2) is 24.2 Å². The molecule has 4 nitrogen and oxygen atoms in total. The molecular weight excluding hydrogens is 228 g/mol. The Hall–Kier alpha value is -1.65. The lowest BCUT2D eigenvalue weighted by molar-refractivity contribution is 0.190. The molecule has 0 spiro atoms. The van der Waals surface area contributed by atoms with E-state index in [2.05, 4.69) is 10.3 Å². The van der Waals surface area contributed by atoms with Crippen molar-refractivity contribution in [1.29, 1.82) is 0 Å². The van der Waals surface area contributed by atoms with Crippen LogP contribution in [0, 0.1) is 0 Å². The fourth-order valence-corrected chi connectivity index (χ4v) is 2.27. The topological polar surface area (TPSA) is 54.1 Å². The third-order valence-electron chi connectivity index (χ3n) is 3.34. The molecule has 1 atom stereocenters. The Labute approximate surface area is 105 Å². The minimum absolute atomic E-state index is 0.0138. The number of pyridine rings is 1. The maximum absolute atomic E-state index is 11.9. The first-order chi connectivity index (χ1) is 8.83. The van der Waals surface area contributed by atoms with Crippen LogP contribution in [0.3, 0.4) is 0 Å². The molecule has 1 aromatic carbocycles. The van der Waals surface area contributed by atoms with E-state index in [1.807, 2.05) is 30.3 Å². The number of aromatic amines is 1. The second kappa shape index (κ2) is 4.92. The monoisotopic (exact) mass is 244 g/mol. The number of fused-ring (bicyclic) bond motifs is 1. The van der Waals surface area contributed by atoms with Gasteiger partial charge in [-0.25, -0.2) is 0 Å². The maximum atomic E-state index is 11.9. The Kier molecular flexibility index (Phi) is 3.13. The van der Waals surface area contributed by atoms with Crippen molar-refractivity contribution in [2.45, 2.75) is 19.0 Å². The van der Waals surface area contributed by atoms with Crippen LogP contribution in [0.25, 0.3) is 10.9 Å². The van der Waals surface area contributed by atoms with Gasteiger partial charge in [-0.1, -0.05) is 18.2 Å². The summed E-state index contributed by atoms with van der Waals surface area (Å²) < 4.78 is 5.30. The molecule has 1 saturated heterocycles. The number of aromatic nitrogens is 1. The van der Waals surface area contributed by atoms with Gasteiger partial charge in [0.25, 0.3) is 5.56 Å². The summed E-state index contributed by atoms with van der Waals surface area (Å²) in [6, 6.07) is 10.1. The van der Waals surface area contributed by atoms with Crippen molar-refractivity contribution >= 4 is 10.9 Å². The zero-order chi connectivity index (χ0) is 12.4. The fourth-order valence-electron chi connectivity index (χ4n) is 2.27. The number of hydrogen-bond donors (Lipinski definition) is 2. The van der Waals surface area contributed by atoms with Crippen LogP contribution >= 0.6 is 0 Å². The first kappa shape index (κ1) is 11.4. The highest BCUT2D eigenvalue weighted by Gasteiger charge is 2.15. The molecule has 0 bridgehead atoms. The zero-order valence-corrected chi connectivity index (χ0v) is 10.1. The molecule has 2 aromatic rings. The van der Waals surface area contributed by atoms with Crippen molar-refractivity contribution in [3.63, 3.8) is 0 Å². The number of para-hydroxylation sites is 1. The molecule has 4 heteroatoms. The summed E-state index contributed by atoms with van der Waals surface area (Å²) in [5.41, 5.74) is 1.65. The van der Waals surface area contributed by atoms with Crippen LogP contribution < -0.4 is 10.9 Å². The Morgan fingerprint density at radius 3 is 3.11 bits per heavy atom. The lowest BCUT2D eigenvalue weighted by Crippen LogP contribution is -2.31. The number of benzene rings is 1. The first-order valence-corrected chi connectivity index (χ1v) is 6.25. The second-order valence-electron chi connectivity index (χ2n) is 4.65. The largest absolute Gasteiger partial charge is 0.380 e. The molecule has 0 amide bonds. The van der Waals surface area contributed by atoms with Crippen molar-refractivity contribution in [2.24, 2.45) is 0 Å². The highest BCUT2D eigenvalue weighted by atomic mass is 16.5. The molecule has 0 radical (unpaired) electrons. The van der Waals surface area contributed by atoms with Gasteiger partial charge < -0.3 is 15.0 Å². The molecule has 1 unspecified atom stereocenters. The van der Waals surface area contributed by atoms with Gasteiger partial charge in [-0.2, -0.15) is 0 Å². The summed E-state index contributed by atoms with van der Waals surface area (Å²) in [5.74, 6) is 0. The van der Waals surface area contributed by atoms with Gasteiger partial charge in [0.1, 0.15) is 0 Å². The molecule has 18 heavy (non-hydrogen) atoms. The van der Waals surface area contributed by atoms with Gasteiger partial charge in [-0.15, -0.1) is 0 Å². The zero-order valence-electron chi connectivity index (χ0n) is 10.1. The molecule has 1 fully saturated rings. The summed E-state index contributed by atoms with van der Waals surface area (Å²) in [6.07, 6.45) is 1.02.